The predicted octanol–water partition coefficient (Wildman–Crippen LogP) is 0.227. The van der Waals surface area contributed by atoms with Gasteiger partial charge in [0.25, 0.3) is 0 Å². The highest BCUT2D eigenvalue weighted by Gasteiger charge is 2.08. The smallest absolute Gasteiger partial charge is 0.302 e. The van der Waals surface area contributed by atoms with E-state index in [9.17, 15) is 9.59 Å². The SMILES string of the molecule is CC(=O)OCCN(CCOC(C)=O)c1ccc(C=NN=C(N)N)cc1. The highest BCUT2D eigenvalue weighted by molar-refractivity contribution is 5.82. The van der Waals surface area contributed by atoms with Gasteiger partial charge in [-0.05, 0) is 17.7 Å². The number of rotatable bonds is 9. The molecule has 0 aliphatic rings. The molecule has 0 amide bonds. The Morgan fingerprint density at radius 3 is 2.00 bits per heavy atom. The lowest BCUT2D eigenvalue weighted by Crippen LogP contribution is -2.31. The first-order chi connectivity index (χ1) is 11.9. The third kappa shape index (κ3) is 8.94. The monoisotopic (exact) mass is 349 g/mol. The normalized spacial score (nSPS) is 10.3. The second kappa shape index (κ2) is 10.6. The minimum Gasteiger partial charge on any atom is -0.464 e. The quantitative estimate of drug-likeness (QED) is 0.282. The molecule has 0 radical (unpaired) electrons. The van der Waals surface area contributed by atoms with Gasteiger partial charge in [0, 0.05) is 19.5 Å². The molecule has 0 spiro atoms. The third-order valence-corrected chi connectivity index (χ3v) is 2.97. The Bertz CT molecular complexity index is 604. The van der Waals surface area contributed by atoms with Crippen LogP contribution in [-0.2, 0) is 19.1 Å². The van der Waals surface area contributed by atoms with Gasteiger partial charge in [0.15, 0.2) is 0 Å². The first kappa shape index (κ1) is 19.9. The number of hydrogen-bond donors (Lipinski definition) is 2. The van der Waals surface area contributed by atoms with E-state index in [1.165, 1.54) is 20.1 Å². The number of nitrogens with two attached hydrogens (primary N) is 2. The number of carbonyl (C=O) groups excluding carboxylic acids is 2. The molecule has 25 heavy (non-hydrogen) atoms. The Morgan fingerprint density at radius 2 is 1.56 bits per heavy atom. The summed E-state index contributed by atoms with van der Waals surface area (Å²) < 4.78 is 9.95. The van der Waals surface area contributed by atoms with Gasteiger partial charge in [-0.15, -0.1) is 5.10 Å². The van der Waals surface area contributed by atoms with E-state index >= 15 is 0 Å². The summed E-state index contributed by atoms with van der Waals surface area (Å²) in [6, 6.07) is 7.42. The Labute approximate surface area is 146 Å². The lowest BCUT2D eigenvalue weighted by molar-refractivity contribution is -0.141. The molecule has 0 fully saturated rings. The fraction of sp³-hybridized carbons (Fsp3) is 0.375. The van der Waals surface area contributed by atoms with E-state index in [1.54, 1.807) is 0 Å². The number of anilines is 1. The molecule has 0 aliphatic carbocycles. The number of esters is 2. The van der Waals surface area contributed by atoms with E-state index in [-0.39, 0.29) is 31.1 Å². The Morgan fingerprint density at radius 1 is 1.04 bits per heavy atom. The summed E-state index contributed by atoms with van der Waals surface area (Å²) in [5.41, 5.74) is 12.1. The number of carbonyl (C=O) groups is 2. The molecule has 0 saturated heterocycles. The van der Waals surface area contributed by atoms with Gasteiger partial charge >= 0.3 is 11.9 Å². The van der Waals surface area contributed by atoms with Crippen LogP contribution in [0.2, 0.25) is 0 Å². The maximum atomic E-state index is 10.9. The summed E-state index contributed by atoms with van der Waals surface area (Å²) in [6.07, 6.45) is 1.52. The van der Waals surface area contributed by atoms with Gasteiger partial charge in [0.1, 0.15) is 13.2 Å². The van der Waals surface area contributed by atoms with Crippen molar-refractivity contribution in [2.75, 3.05) is 31.2 Å². The standard InChI is InChI=1S/C16H23N5O4/c1-12(22)24-9-7-21(8-10-25-13(2)23)15-5-3-14(4-6-15)11-19-20-16(17)18/h3-6,11H,7-10H2,1-2H3,(H4,17,18,20). The van der Waals surface area contributed by atoms with E-state index in [0.29, 0.717) is 13.1 Å². The van der Waals surface area contributed by atoms with Gasteiger partial charge in [-0.1, -0.05) is 12.1 Å². The maximum Gasteiger partial charge on any atom is 0.302 e. The van der Waals surface area contributed by atoms with Crippen molar-refractivity contribution in [3.8, 4) is 0 Å². The van der Waals surface area contributed by atoms with Crippen molar-refractivity contribution in [2.45, 2.75) is 13.8 Å². The fourth-order valence-corrected chi connectivity index (χ4v) is 1.90. The molecule has 1 aromatic rings. The number of hydrogen-bond acceptors (Lipinski definition) is 7. The lowest BCUT2D eigenvalue weighted by Gasteiger charge is -2.24. The van der Waals surface area contributed by atoms with Crippen molar-refractivity contribution in [3.05, 3.63) is 29.8 Å². The molecule has 0 bridgehead atoms. The Kier molecular flexibility index (Phi) is 8.48. The molecule has 0 aromatic heterocycles. The average Bonchev–Trinajstić information content (AvgIpc) is 2.53. The minimum atomic E-state index is -0.341. The molecule has 1 aromatic carbocycles. The summed E-state index contributed by atoms with van der Waals surface area (Å²) >= 11 is 0. The summed E-state index contributed by atoms with van der Waals surface area (Å²) in [7, 11) is 0. The lowest BCUT2D eigenvalue weighted by atomic mass is 10.2. The van der Waals surface area contributed by atoms with Crippen LogP contribution in [0.5, 0.6) is 0 Å². The molecule has 0 atom stereocenters. The van der Waals surface area contributed by atoms with Crippen LogP contribution in [0, 0.1) is 0 Å². The molecule has 9 heteroatoms. The fourth-order valence-electron chi connectivity index (χ4n) is 1.90. The minimum absolute atomic E-state index is 0.116. The molecule has 136 valence electrons. The van der Waals surface area contributed by atoms with Crippen LogP contribution in [0.25, 0.3) is 0 Å². The molecule has 0 saturated carbocycles. The number of ether oxygens (including phenoxy) is 2. The molecular weight excluding hydrogens is 326 g/mol. The number of nitrogens with zero attached hydrogens (tertiary/aromatic N) is 3. The van der Waals surface area contributed by atoms with Crippen molar-refractivity contribution in [1.82, 2.24) is 0 Å². The van der Waals surface area contributed by atoms with Gasteiger partial charge in [-0.2, -0.15) is 5.10 Å². The first-order valence-electron chi connectivity index (χ1n) is 7.62. The maximum absolute atomic E-state index is 10.9. The zero-order valence-electron chi connectivity index (χ0n) is 14.3. The topological polar surface area (TPSA) is 133 Å². The van der Waals surface area contributed by atoms with Crippen molar-refractivity contribution in [1.29, 1.82) is 0 Å². The number of guanidine groups is 1. The predicted molar refractivity (Wildman–Crippen MR) is 95.3 cm³/mol. The van der Waals surface area contributed by atoms with Crippen LogP contribution in [0.3, 0.4) is 0 Å². The molecular formula is C16H23N5O4. The van der Waals surface area contributed by atoms with E-state index < -0.39 is 0 Å². The highest BCUT2D eigenvalue weighted by Crippen LogP contribution is 2.14. The van der Waals surface area contributed by atoms with Crippen LogP contribution < -0.4 is 16.4 Å². The van der Waals surface area contributed by atoms with Crippen molar-refractivity contribution >= 4 is 29.8 Å². The van der Waals surface area contributed by atoms with Crippen molar-refractivity contribution in [2.24, 2.45) is 21.7 Å². The van der Waals surface area contributed by atoms with Crippen molar-refractivity contribution in [3.63, 3.8) is 0 Å². The summed E-state index contributed by atoms with van der Waals surface area (Å²) in [5, 5.41) is 7.26. The van der Waals surface area contributed by atoms with Crippen LogP contribution in [0.4, 0.5) is 5.69 Å². The summed E-state index contributed by atoms with van der Waals surface area (Å²) in [6.45, 7) is 4.14. The van der Waals surface area contributed by atoms with Gasteiger partial charge in [-0.25, -0.2) is 0 Å². The average molecular weight is 349 g/mol. The second-order valence-corrected chi connectivity index (χ2v) is 5.03. The number of benzene rings is 1. The van der Waals surface area contributed by atoms with Gasteiger partial charge in [0.2, 0.25) is 5.96 Å². The Balaban J connectivity index is 2.74. The van der Waals surface area contributed by atoms with Gasteiger partial charge < -0.3 is 25.8 Å². The van der Waals surface area contributed by atoms with Gasteiger partial charge in [0.05, 0.1) is 19.3 Å². The van der Waals surface area contributed by atoms with Crippen molar-refractivity contribution < 1.29 is 19.1 Å². The van der Waals surface area contributed by atoms with E-state index in [2.05, 4.69) is 10.2 Å². The zero-order chi connectivity index (χ0) is 18.7. The molecule has 4 N–H and O–H groups in total. The van der Waals surface area contributed by atoms with Crippen LogP contribution in [0.15, 0.2) is 34.5 Å². The molecule has 9 nitrogen and oxygen atoms in total. The van der Waals surface area contributed by atoms with E-state index in [4.69, 9.17) is 20.9 Å². The van der Waals surface area contributed by atoms with Gasteiger partial charge in [-0.3, -0.25) is 9.59 Å². The Hall–Kier alpha value is -3.10. The first-order valence-corrected chi connectivity index (χ1v) is 7.62. The second-order valence-electron chi connectivity index (χ2n) is 5.03. The largest absolute Gasteiger partial charge is 0.464 e. The molecule has 0 heterocycles. The molecule has 0 unspecified atom stereocenters. The summed E-state index contributed by atoms with van der Waals surface area (Å²) in [5.74, 6) is -0.799. The van der Waals surface area contributed by atoms with E-state index in [1.807, 2.05) is 29.2 Å². The van der Waals surface area contributed by atoms with Crippen LogP contribution >= 0.6 is 0 Å². The van der Waals surface area contributed by atoms with E-state index in [0.717, 1.165) is 11.3 Å². The van der Waals surface area contributed by atoms with Crippen LogP contribution in [0.1, 0.15) is 19.4 Å². The summed E-state index contributed by atoms with van der Waals surface area (Å²) in [4.78, 5) is 23.8. The molecule has 1 rings (SSSR count). The highest BCUT2D eigenvalue weighted by atomic mass is 16.5. The molecule has 0 aliphatic heterocycles. The van der Waals surface area contributed by atoms with Crippen LogP contribution in [-0.4, -0.2) is 50.4 Å². The third-order valence-electron chi connectivity index (χ3n) is 2.97. The zero-order valence-corrected chi connectivity index (χ0v) is 14.3.